The minimum atomic E-state index is 0.0315. The molecule has 0 bridgehead atoms. The third kappa shape index (κ3) is 2.38. The molecule has 1 aliphatic heterocycles. The van der Waals surface area contributed by atoms with E-state index in [0.717, 1.165) is 25.3 Å². The van der Waals surface area contributed by atoms with Crippen LogP contribution >= 0.6 is 0 Å². The summed E-state index contributed by atoms with van der Waals surface area (Å²) in [6.45, 7) is 5.51. The van der Waals surface area contributed by atoms with Gasteiger partial charge < -0.3 is 14.6 Å². The van der Waals surface area contributed by atoms with Crippen LogP contribution in [0.3, 0.4) is 0 Å². The van der Waals surface area contributed by atoms with Gasteiger partial charge in [-0.25, -0.2) is 4.79 Å². The standard InChI is InChI=1S/C12H18N2O2/c1-9(2)13-12(15)14-6-5-10(8-14)11-4-3-7-16-11/h3-4,7,9-10H,5-6,8H2,1-2H3,(H,13,15). The van der Waals surface area contributed by atoms with Crippen molar-refractivity contribution in [1.29, 1.82) is 0 Å². The highest BCUT2D eigenvalue weighted by Gasteiger charge is 2.28. The molecule has 1 unspecified atom stereocenters. The zero-order chi connectivity index (χ0) is 11.5. The molecule has 2 amide bonds. The van der Waals surface area contributed by atoms with Crippen LogP contribution in [0.15, 0.2) is 22.8 Å². The van der Waals surface area contributed by atoms with E-state index in [1.807, 2.05) is 30.9 Å². The highest BCUT2D eigenvalue weighted by molar-refractivity contribution is 5.74. The molecule has 0 radical (unpaired) electrons. The van der Waals surface area contributed by atoms with Crippen molar-refractivity contribution in [2.75, 3.05) is 13.1 Å². The molecule has 1 saturated heterocycles. The van der Waals surface area contributed by atoms with Crippen LogP contribution in [-0.2, 0) is 0 Å². The number of carbonyl (C=O) groups is 1. The van der Waals surface area contributed by atoms with Crippen molar-refractivity contribution < 1.29 is 9.21 Å². The summed E-state index contributed by atoms with van der Waals surface area (Å²) in [6, 6.07) is 4.10. The summed E-state index contributed by atoms with van der Waals surface area (Å²) in [4.78, 5) is 13.6. The lowest BCUT2D eigenvalue weighted by molar-refractivity contribution is 0.205. The zero-order valence-electron chi connectivity index (χ0n) is 9.77. The summed E-state index contributed by atoms with van der Waals surface area (Å²) >= 11 is 0. The van der Waals surface area contributed by atoms with E-state index < -0.39 is 0 Å². The zero-order valence-corrected chi connectivity index (χ0v) is 9.77. The van der Waals surface area contributed by atoms with Crippen LogP contribution in [0.2, 0.25) is 0 Å². The summed E-state index contributed by atoms with van der Waals surface area (Å²) < 4.78 is 5.37. The number of amides is 2. The molecule has 1 aromatic heterocycles. The highest BCUT2D eigenvalue weighted by atomic mass is 16.3. The Morgan fingerprint density at radius 2 is 2.44 bits per heavy atom. The fourth-order valence-corrected chi connectivity index (χ4v) is 2.04. The van der Waals surface area contributed by atoms with Crippen molar-refractivity contribution in [2.45, 2.75) is 32.2 Å². The van der Waals surface area contributed by atoms with Crippen LogP contribution in [0.1, 0.15) is 31.9 Å². The molecular formula is C12H18N2O2. The number of urea groups is 1. The highest BCUT2D eigenvalue weighted by Crippen LogP contribution is 2.27. The largest absolute Gasteiger partial charge is 0.469 e. The third-order valence-corrected chi connectivity index (χ3v) is 2.83. The predicted octanol–water partition coefficient (Wildman–Crippen LogP) is 2.19. The van der Waals surface area contributed by atoms with Crippen LogP contribution in [0.25, 0.3) is 0 Å². The third-order valence-electron chi connectivity index (χ3n) is 2.83. The first-order valence-electron chi connectivity index (χ1n) is 5.75. The van der Waals surface area contributed by atoms with Crippen LogP contribution in [0.5, 0.6) is 0 Å². The second kappa shape index (κ2) is 4.60. The molecule has 1 fully saturated rings. The van der Waals surface area contributed by atoms with Gasteiger partial charge in [0.15, 0.2) is 0 Å². The molecule has 88 valence electrons. The maximum absolute atomic E-state index is 11.8. The Hall–Kier alpha value is -1.45. The van der Waals surface area contributed by atoms with Crippen LogP contribution in [0.4, 0.5) is 4.79 Å². The lowest BCUT2D eigenvalue weighted by Gasteiger charge is -2.18. The molecule has 1 atom stereocenters. The van der Waals surface area contributed by atoms with Gasteiger partial charge in [0.05, 0.1) is 6.26 Å². The van der Waals surface area contributed by atoms with Crippen molar-refractivity contribution >= 4 is 6.03 Å². The van der Waals surface area contributed by atoms with Crippen molar-refractivity contribution in [2.24, 2.45) is 0 Å². The van der Waals surface area contributed by atoms with Crippen molar-refractivity contribution in [3.8, 4) is 0 Å². The SMILES string of the molecule is CC(C)NC(=O)N1CCC(c2ccco2)C1. The number of hydrogen-bond acceptors (Lipinski definition) is 2. The molecule has 0 saturated carbocycles. The topological polar surface area (TPSA) is 45.5 Å². The first-order valence-corrected chi connectivity index (χ1v) is 5.75. The molecule has 4 nitrogen and oxygen atoms in total. The number of nitrogens with zero attached hydrogens (tertiary/aromatic N) is 1. The molecular weight excluding hydrogens is 204 g/mol. The normalized spacial score (nSPS) is 20.4. The van der Waals surface area contributed by atoms with Crippen molar-refractivity contribution in [1.82, 2.24) is 10.2 Å². The summed E-state index contributed by atoms with van der Waals surface area (Å²) in [6.07, 6.45) is 2.67. The van der Waals surface area contributed by atoms with E-state index in [2.05, 4.69) is 5.32 Å². The monoisotopic (exact) mass is 222 g/mol. The Labute approximate surface area is 95.6 Å². The number of hydrogen-bond donors (Lipinski definition) is 1. The molecule has 16 heavy (non-hydrogen) atoms. The Morgan fingerprint density at radius 3 is 3.06 bits per heavy atom. The first-order chi connectivity index (χ1) is 7.66. The number of likely N-dealkylation sites (tertiary alicyclic amines) is 1. The molecule has 2 heterocycles. The molecule has 1 aliphatic rings. The van der Waals surface area contributed by atoms with E-state index in [1.165, 1.54) is 0 Å². The molecule has 1 aromatic rings. The number of furan rings is 1. The Bertz CT molecular complexity index is 346. The maximum atomic E-state index is 11.8. The van der Waals surface area contributed by atoms with Crippen molar-refractivity contribution in [3.05, 3.63) is 24.2 Å². The summed E-state index contributed by atoms with van der Waals surface area (Å²) in [5.41, 5.74) is 0. The van der Waals surface area contributed by atoms with Crippen LogP contribution in [-0.4, -0.2) is 30.1 Å². The number of carbonyl (C=O) groups excluding carboxylic acids is 1. The van der Waals surface area contributed by atoms with E-state index in [-0.39, 0.29) is 12.1 Å². The molecule has 0 aliphatic carbocycles. The van der Waals surface area contributed by atoms with E-state index in [9.17, 15) is 4.79 Å². The minimum absolute atomic E-state index is 0.0315. The van der Waals surface area contributed by atoms with E-state index in [0.29, 0.717) is 5.92 Å². The van der Waals surface area contributed by atoms with Gasteiger partial charge in [0, 0.05) is 25.0 Å². The molecule has 0 spiro atoms. The summed E-state index contributed by atoms with van der Waals surface area (Å²) in [5.74, 6) is 1.34. The minimum Gasteiger partial charge on any atom is -0.469 e. The van der Waals surface area contributed by atoms with E-state index in [1.54, 1.807) is 6.26 Å². The van der Waals surface area contributed by atoms with Gasteiger partial charge in [0.2, 0.25) is 0 Å². The van der Waals surface area contributed by atoms with Crippen LogP contribution in [0, 0.1) is 0 Å². The lowest BCUT2D eigenvalue weighted by Crippen LogP contribution is -2.41. The summed E-state index contributed by atoms with van der Waals surface area (Å²) in [7, 11) is 0. The fraction of sp³-hybridized carbons (Fsp3) is 0.583. The second-order valence-electron chi connectivity index (χ2n) is 4.55. The quantitative estimate of drug-likeness (QED) is 0.833. The smallest absolute Gasteiger partial charge is 0.317 e. The summed E-state index contributed by atoms with van der Waals surface area (Å²) in [5, 5.41) is 2.91. The molecule has 2 rings (SSSR count). The average Bonchev–Trinajstić information content (AvgIpc) is 2.87. The molecule has 4 heteroatoms. The van der Waals surface area contributed by atoms with Crippen molar-refractivity contribution in [3.63, 3.8) is 0 Å². The van der Waals surface area contributed by atoms with Gasteiger partial charge in [-0.1, -0.05) is 0 Å². The van der Waals surface area contributed by atoms with Gasteiger partial charge >= 0.3 is 6.03 Å². The van der Waals surface area contributed by atoms with Gasteiger partial charge in [-0.3, -0.25) is 0 Å². The maximum Gasteiger partial charge on any atom is 0.317 e. The van der Waals surface area contributed by atoms with Gasteiger partial charge in [-0.15, -0.1) is 0 Å². The van der Waals surface area contributed by atoms with E-state index >= 15 is 0 Å². The first kappa shape index (κ1) is 11.0. The Balaban J connectivity index is 1.91. The Morgan fingerprint density at radius 1 is 1.62 bits per heavy atom. The number of rotatable bonds is 2. The predicted molar refractivity (Wildman–Crippen MR) is 61.3 cm³/mol. The van der Waals surface area contributed by atoms with Crippen LogP contribution < -0.4 is 5.32 Å². The van der Waals surface area contributed by atoms with E-state index in [4.69, 9.17) is 4.42 Å². The van der Waals surface area contributed by atoms with Gasteiger partial charge in [0.1, 0.15) is 5.76 Å². The second-order valence-corrected chi connectivity index (χ2v) is 4.55. The van der Waals surface area contributed by atoms with Gasteiger partial charge in [-0.05, 0) is 32.4 Å². The Kier molecular flexibility index (Phi) is 3.17. The molecule has 0 aromatic carbocycles. The molecule has 1 N–H and O–H groups in total. The van der Waals surface area contributed by atoms with Gasteiger partial charge in [-0.2, -0.15) is 0 Å². The lowest BCUT2D eigenvalue weighted by atomic mass is 10.1. The number of nitrogens with one attached hydrogen (secondary N) is 1. The fourth-order valence-electron chi connectivity index (χ4n) is 2.04. The van der Waals surface area contributed by atoms with Gasteiger partial charge in [0.25, 0.3) is 0 Å². The average molecular weight is 222 g/mol.